The molecule has 4 N–H and O–H groups in total. The van der Waals surface area contributed by atoms with E-state index in [0.717, 1.165) is 86.2 Å². The molecule has 0 aliphatic heterocycles. The zero-order chi connectivity index (χ0) is 24.6. The highest BCUT2D eigenvalue weighted by molar-refractivity contribution is 6.44. The molecule has 0 heterocycles. The van der Waals surface area contributed by atoms with Crippen molar-refractivity contribution in [3.63, 3.8) is 0 Å². The number of benzene rings is 9. The van der Waals surface area contributed by atoms with Crippen LogP contribution in [0.1, 0.15) is 0 Å². The van der Waals surface area contributed by atoms with Crippen LogP contribution in [0.25, 0.3) is 86.2 Å². The van der Waals surface area contributed by atoms with Crippen molar-refractivity contribution >= 4 is 91.9 Å². The summed E-state index contributed by atoms with van der Waals surface area (Å²) in [6.07, 6.45) is 0. The Balaban J connectivity index is 1.64. The number of rotatable bonds is 0. The Hall–Kier alpha value is -5.02. The highest BCUT2D eigenvalue weighted by Crippen LogP contribution is 2.52. The summed E-state index contributed by atoms with van der Waals surface area (Å²) in [5.74, 6) is 0.615. The second kappa shape index (κ2) is 6.21. The van der Waals surface area contributed by atoms with Crippen LogP contribution in [-0.4, -0.2) is 10.2 Å². The molecule has 3 heteroatoms. The number of nitrogens with two attached hydrogens (primary N) is 1. The lowest BCUT2D eigenvalue weighted by atomic mass is 9.83. The molecule has 0 radical (unpaired) electrons. The van der Waals surface area contributed by atoms with Gasteiger partial charge in [0.25, 0.3) is 0 Å². The van der Waals surface area contributed by atoms with Crippen LogP contribution in [0.15, 0.2) is 91.0 Å². The summed E-state index contributed by atoms with van der Waals surface area (Å²) in [4.78, 5) is 0. The molecular weight excluding hydrogens is 454 g/mol. The molecule has 0 spiro atoms. The number of fused-ring (bicyclic) bond motifs is 6. The first-order valence-electron chi connectivity index (χ1n) is 12.4. The van der Waals surface area contributed by atoms with Gasteiger partial charge in [0, 0.05) is 48.8 Å². The summed E-state index contributed by atoms with van der Waals surface area (Å²) in [5, 5.41) is 38.8. The van der Waals surface area contributed by atoms with E-state index in [1.165, 1.54) is 0 Å². The Kier molecular flexibility index (Phi) is 3.22. The van der Waals surface area contributed by atoms with Crippen molar-refractivity contribution in [3.8, 4) is 11.5 Å². The van der Waals surface area contributed by atoms with Gasteiger partial charge in [-0.2, -0.15) is 0 Å². The lowest BCUT2D eigenvalue weighted by Crippen LogP contribution is -1.96. The topological polar surface area (TPSA) is 66.5 Å². The van der Waals surface area contributed by atoms with Crippen molar-refractivity contribution in [3.05, 3.63) is 91.0 Å². The third kappa shape index (κ3) is 2.07. The minimum atomic E-state index is 0.303. The molecule has 172 valence electrons. The van der Waals surface area contributed by atoms with Gasteiger partial charge >= 0.3 is 0 Å². The van der Waals surface area contributed by atoms with Gasteiger partial charge in [0.15, 0.2) is 0 Å². The molecule has 0 bridgehead atoms. The minimum absolute atomic E-state index is 0.303. The minimum Gasteiger partial charge on any atom is -0.507 e. The third-order valence-electron chi connectivity index (χ3n) is 8.49. The first kappa shape index (κ1) is 19.2. The second-order valence-electron chi connectivity index (χ2n) is 10.2. The van der Waals surface area contributed by atoms with Crippen LogP contribution >= 0.6 is 0 Å². The molecule has 0 unspecified atom stereocenters. The van der Waals surface area contributed by atoms with Crippen molar-refractivity contribution in [2.75, 3.05) is 5.73 Å². The van der Waals surface area contributed by atoms with Gasteiger partial charge < -0.3 is 15.9 Å². The zero-order valence-corrected chi connectivity index (χ0v) is 19.6. The number of phenolic OH excluding ortho intramolecular Hbond substituents is 2. The molecule has 0 aliphatic rings. The average molecular weight is 474 g/mol. The highest BCUT2D eigenvalue weighted by Gasteiger charge is 2.23. The quantitative estimate of drug-likeness (QED) is 0.117. The number of anilines is 1. The van der Waals surface area contributed by atoms with Gasteiger partial charge in [-0.25, -0.2) is 0 Å². The van der Waals surface area contributed by atoms with E-state index in [-0.39, 0.29) is 0 Å². The van der Waals surface area contributed by atoms with Gasteiger partial charge in [-0.15, -0.1) is 0 Å². The number of nitrogen functional groups attached to an aromatic ring is 1. The van der Waals surface area contributed by atoms with E-state index in [4.69, 9.17) is 5.73 Å². The number of hydrogen-bond acceptors (Lipinski definition) is 3. The largest absolute Gasteiger partial charge is 0.507 e. The van der Waals surface area contributed by atoms with Crippen molar-refractivity contribution in [1.82, 2.24) is 0 Å². The van der Waals surface area contributed by atoms with Crippen LogP contribution in [0.2, 0.25) is 0 Å². The summed E-state index contributed by atoms with van der Waals surface area (Å²) in [6.45, 7) is 0. The van der Waals surface area contributed by atoms with E-state index in [2.05, 4.69) is 42.5 Å². The Morgan fingerprint density at radius 1 is 0.351 bits per heavy atom. The van der Waals surface area contributed by atoms with Crippen molar-refractivity contribution in [1.29, 1.82) is 0 Å². The van der Waals surface area contributed by atoms with E-state index < -0.39 is 0 Å². The first-order chi connectivity index (χ1) is 18.1. The Labute approximate surface area is 210 Å². The van der Waals surface area contributed by atoms with Crippen LogP contribution in [-0.2, 0) is 0 Å². The van der Waals surface area contributed by atoms with Crippen LogP contribution in [0, 0.1) is 0 Å². The average Bonchev–Trinajstić information content (AvgIpc) is 2.94. The Bertz CT molecular complexity index is 2440. The van der Waals surface area contributed by atoms with Gasteiger partial charge in [-0.1, -0.05) is 72.8 Å². The van der Waals surface area contributed by atoms with E-state index in [1.54, 1.807) is 0 Å². The Morgan fingerprint density at radius 2 is 0.757 bits per heavy atom. The predicted molar refractivity (Wildman–Crippen MR) is 157 cm³/mol. The normalized spacial score (nSPS) is 12.6. The predicted octanol–water partition coefficient (Wildman–Crippen LogP) is 8.78. The van der Waals surface area contributed by atoms with Crippen LogP contribution in [0.3, 0.4) is 0 Å². The molecule has 0 aromatic heterocycles. The second-order valence-corrected chi connectivity index (χ2v) is 10.2. The standard InChI is InChI=1S/C34H19NO2/c35-27-15-26-17-6-2-4-8-22(17)34(37)25-14-11-20-19-10-13-24-29-18(16-5-1-3-7-21(16)33(24)36)9-12-23(28(19)29)31(27)32(20)30(25)26/h1-15,36-37H,35H2. The summed E-state index contributed by atoms with van der Waals surface area (Å²) < 4.78 is 0. The zero-order valence-electron chi connectivity index (χ0n) is 19.6. The fraction of sp³-hybridized carbons (Fsp3) is 0. The molecule has 9 aromatic carbocycles. The number of aromatic hydroxyl groups is 2. The van der Waals surface area contributed by atoms with Crippen molar-refractivity contribution < 1.29 is 10.2 Å². The van der Waals surface area contributed by atoms with E-state index in [9.17, 15) is 10.2 Å². The maximum absolute atomic E-state index is 11.3. The maximum Gasteiger partial charge on any atom is 0.131 e. The molecule has 0 saturated carbocycles. The van der Waals surface area contributed by atoms with E-state index in [1.807, 2.05) is 48.5 Å². The molecule has 0 atom stereocenters. The molecule has 0 aliphatic carbocycles. The van der Waals surface area contributed by atoms with Gasteiger partial charge in [0.2, 0.25) is 0 Å². The maximum atomic E-state index is 11.3. The fourth-order valence-corrected chi connectivity index (χ4v) is 7.00. The fourth-order valence-electron chi connectivity index (χ4n) is 7.00. The lowest BCUT2D eigenvalue weighted by molar-refractivity contribution is 0.487. The van der Waals surface area contributed by atoms with Gasteiger partial charge in [0.1, 0.15) is 11.5 Å². The van der Waals surface area contributed by atoms with Gasteiger partial charge in [-0.3, -0.25) is 0 Å². The van der Waals surface area contributed by atoms with Gasteiger partial charge in [0.05, 0.1) is 0 Å². The van der Waals surface area contributed by atoms with E-state index >= 15 is 0 Å². The molecule has 3 nitrogen and oxygen atoms in total. The third-order valence-corrected chi connectivity index (χ3v) is 8.49. The highest BCUT2D eigenvalue weighted by atomic mass is 16.3. The SMILES string of the molecule is Nc1cc2c3ccccc3c(O)c3ccc4c5ccc6c(O)c7ccccc7c7ccc(c1c4c32)c5c67. The van der Waals surface area contributed by atoms with Crippen LogP contribution in [0.4, 0.5) is 5.69 Å². The molecule has 9 rings (SSSR count). The smallest absolute Gasteiger partial charge is 0.131 e. The molecule has 37 heavy (non-hydrogen) atoms. The first-order valence-corrected chi connectivity index (χ1v) is 12.4. The molecule has 0 fully saturated rings. The molecule has 9 aromatic rings. The lowest BCUT2D eigenvalue weighted by Gasteiger charge is -2.21. The van der Waals surface area contributed by atoms with Crippen LogP contribution < -0.4 is 5.73 Å². The summed E-state index contributed by atoms with van der Waals surface area (Å²) in [6, 6.07) is 30.7. The molecule has 0 amide bonds. The monoisotopic (exact) mass is 473 g/mol. The van der Waals surface area contributed by atoms with Crippen molar-refractivity contribution in [2.45, 2.75) is 0 Å². The number of phenols is 2. The molecule has 0 saturated heterocycles. The van der Waals surface area contributed by atoms with Crippen molar-refractivity contribution in [2.24, 2.45) is 0 Å². The number of hydrogen-bond donors (Lipinski definition) is 3. The summed E-state index contributed by atoms with van der Waals surface area (Å²) in [7, 11) is 0. The van der Waals surface area contributed by atoms with E-state index in [0.29, 0.717) is 17.2 Å². The molecular formula is C34H19NO2. The summed E-state index contributed by atoms with van der Waals surface area (Å²) >= 11 is 0. The summed E-state index contributed by atoms with van der Waals surface area (Å²) in [5.41, 5.74) is 7.59. The van der Waals surface area contributed by atoms with Crippen LogP contribution in [0.5, 0.6) is 11.5 Å². The van der Waals surface area contributed by atoms with Gasteiger partial charge in [-0.05, 0) is 61.3 Å². The Morgan fingerprint density at radius 3 is 1.38 bits per heavy atom.